The molecule has 0 bridgehead atoms. The van der Waals surface area contributed by atoms with Gasteiger partial charge in [0.1, 0.15) is 24.2 Å². The molecule has 2 heterocycles. The third-order valence-electron chi connectivity index (χ3n) is 6.27. The molecule has 0 aliphatic carbocycles. The summed E-state index contributed by atoms with van der Waals surface area (Å²) in [5.74, 6) is 0.844. The van der Waals surface area contributed by atoms with Crippen LogP contribution in [0.15, 0.2) is 55.1 Å². The first-order chi connectivity index (χ1) is 17.6. The predicted octanol–water partition coefficient (Wildman–Crippen LogP) is 4.18. The number of hydrogen-bond acceptors (Lipinski definition) is 7. The van der Waals surface area contributed by atoms with Gasteiger partial charge in [-0.05, 0) is 68.1 Å². The highest BCUT2D eigenvalue weighted by molar-refractivity contribution is 5.77. The zero-order chi connectivity index (χ0) is 25.3. The first kappa shape index (κ1) is 25.6. The average molecular weight is 495 g/mol. The van der Waals surface area contributed by atoms with Crippen molar-refractivity contribution in [2.45, 2.75) is 44.9 Å². The quantitative estimate of drug-likeness (QED) is 0.413. The van der Waals surface area contributed by atoms with Crippen molar-refractivity contribution in [2.75, 3.05) is 32.8 Å². The van der Waals surface area contributed by atoms with Crippen LogP contribution in [0.3, 0.4) is 0 Å². The van der Waals surface area contributed by atoms with Gasteiger partial charge >= 0.3 is 12.1 Å². The van der Waals surface area contributed by atoms with Crippen molar-refractivity contribution >= 4 is 12.1 Å². The first-order valence-corrected chi connectivity index (χ1v) is 12.5. The minimum absolute atomic E-state index is 0.137. The predicted molar refractivity (Wildman–Crippen MR) is 135 cm³/mol. The van der Waals surface area contributed by atoms with Gasteiger partial charge in [-0.2, -0.15) is 0 Å². The van der Waals surface area contributed by atoms with Crippen molar-refractivity contribution in [3.05, 3.63) is 71.8 Å². The van der Waals surface area contributed by atoms with Crippen molar-refractivity contribution < 1.29 is 28.5 Å². The van der Waals surface area contributed by atoms with E-state index >= 15 is 0 Å². The highest BCUT2D eigenvalue weighted by atomic mass is 16.6. The molecule has 2 aromatic rings. The molecule has 0 saturated carbocycles. The minimum Gasteiger partial charge on any atom is -0.489 e. The molecule has 2 aromatic carbocycles. The van der Waals surface area contributed by atoms with Gasteiger partial charge in [0.25, 0.3) is 0 Å². The molecule has 0 radical (unpaired) electrons. The highest BCUT2D eigenvalue weighted by Gasteiger charge is 2.27. The Bertz CT molecular complexity index is 1050. The van der Waals surface area contributed by atoms with Crippen LogP contribution in [0, 0.1) is 0 Å². The summed E-state index contributed by atoms with van der Waals surface area (Å²) >= 11 is 0. The highest BCUT2D eigenvalue weighted by Crippen LogP contribution is 2.28. The second kappa shape index (κ2) is 12.4. The molecule has 1 amide bonds. The van der Waals surface area contributed by atoms with Crippen LogP contribution in [-0.4, -0.2) is 55.9 Å². The normalized spacial score (nSPS) is 17.9. The van der Waals surface area contributed by atoms with Crippen LogP contribution in [0.25, 0.3) is 0 Å². The summed E-state index contributed by atoms with van der Waals surface area (Å²) in [6.07, 6.45) is 2.82. The molecule has 1 fully saturated rings. The second-order valence-corrected chi connectivity index (χ2v) is 8.87. The molecule has 36 heavy (non-hydrogen) atoms. The van der Waals surface area contributed by atoms with Gasteiger partial charge in [0, 0.05) is 18.7 Å². The van der Waals surface area contributed by atoms with E-state index in [-0.39, 0.29) is 25.4 Å². The molecule has 2 aliphatic rings. The summed E-state index contributed by atoms with van der Waals surface area (Å²) in [4.78, 5) is 26.6. The van der Waals surface area contributed by atoms with Crippen molar-refractivity contribution in [2.24, 2.45) is 0 Å². The third-order valence-corrected chi connectivity index (χ3v) is 6.27. The summed E-state index contributed by atoms with van der Waals surface area (Å²) in [7, 11) is 0. The van der Waals surface area contributed by atoms with Crippen molar-refractivity contribution in [3.8, 4) is 11.5 Å². The number of piperidine rings is 1. The summed E-state index contributed by atoms with van der Waals surface area (Å²) in [5, 5.41) is 3.36. The number of ether oxygens (including phenoxy) is 4. The average Bonchev–Trinajstić information content (AvgIpc) is 2.91. The van der Waals surface area contributed by atoms with Crippen LogP contribution in [0.5, 0.6) is 11.5 Å². The third kappa shape index (κ3) is 6.57. The maximum atomic E-state index is 12.8. The van der Waals surface area contributed by atoms with Crippen LogP contribution >= 0.6 is 0 Å². The van der Waals surface area contributed by atoms with E-state index in [1.54, 1.807) is 17.9 Å². The number of benzene rings is 2. The number of carbonyl (C=O) groups is 2. The van der Waals surface area contributed by atoms with Gasteiger partial charge in [-0.25, -0.2) is 9.59 Å². The lowest BCUT2D eigenvalue weighted by molar-refractivity contribution is -0.151. The standard InChI is InChI=1S/C28H34N2O6/c1-3-16-34-28(32)30-15-5-6-25(19-30)35-23-10-8-21(9-11-23)26(27(31)33-4-2)36-24-12-7-20-13-14-29-18-22(20)17-24/h3,7-12,17,25-26,29H,1,4-6,13-16,18-19H2,2H3. The fraction of sp³-hybridized carbons (Fsp3) is 0.429. The lowest BCUT2D eigenvalue weighted by Crippen LogP contribution is -2.44. The Balaban J connectivity index is 1.42. The molecule has 1 saturated heterocycles. The molecule has 2 atom stereocenters. The van der Waals surface area contributed by atoms with E-state index in [4.69, 9.17) is 18.9 Å². The van der Waals surface area contributed by atoms with E-state index in [9.17, 15) is 9.59 Å². The lowest BCUT2D eigenvalue weighted by Gasteiger charge is -2.32. The Labute approximate surface area is 212 Å². The van der Waals surface area contributed by atoms with Gasteiger partial charge in [0.2, 0.25) is 6.10 Å². The largest absolute Gasteiger partial charge is 0.489 e. The maximum absolute atomic E-state index is 12.8. The number of rotatable bonds is 9. The van der Waals surface area contributed by atoms with Crippen LogP contribution in [0.2, 0.25) is 0 Å². The van der Waals surface area contributed by atoms with E-state index in [0.29, 0.717) is 30.2 Å². The van der Waals surface area contributed by atoms with Gasteiger partial charge in [0.05, 0.1) is 13.2 Å². The van der Waals surface area contributed by atoms with E-state index in [1.165, 1.54) is 11.1 Å². The summed E-state index contributed by atoms with van der Waals surface area (Å²) in [6, 6.07) is 13.2. The smallest absolute Gasteiger partial charge is 0.410 e. The molecule has 0 aromatic heterocycles. The molecular formula is C28H34N2O6. The van der Waals surface area contributed by atoms with Crippen molar-refractivity contribution in [1.29, 1.82) is 0 Å². The van der Waals surface area contributed by atoms with Crippen LogP contribution in [0.1, 0.15) is 42.6 Å². The SMILES string of the molecule is C=CCOC(=O)N1CCCC(Oc2ccc(C(Oc3ccc4c(c3)CNCC4)C(=O)OCC)cc2)C1. The Kier molecular flexibility index (Phi) is 8.84. The zero-order valence-electron chi connectivity index (χ0n) is 20.7. The van der Waals surface area contributed by atoms with E-state index in [1.807, 2.05) is 36.4 Å². The fourth-order valence-electron chi connectivity index (χ4n) is 4.47. The number of nitrogens with zero attached hydrogens (tertiary/aromatic N) is 1. The Morgan fingerprint density at radius 2 is 1.94 bits per heavy atom. The van der Waals surface area contributed by atoms with E-state index in [0.717, 1.165) is 32.4 Å². The Morgan fingerprint density at radius 3 is 2.72 bits per heavy atom. The van der Waals surface area contributed by atoms with Gasteiger partial charge in [-0.1, -0.05) is 30.9 Å². The molecular weight excluding hydrogens is 460 g/mol. The topological polar surface area (TPSA) is 86.3 Å². The molecule has 0 spiro atoms. The first-order valence-electron chi connectivity index (χ1n) is 12.5. The van der Waals surface area contributed by atoms with E-state index in [2.05, 4.69) is 18.0 Å². The molecule has 2 aliphatic heterocycles. The molecule has 1 N–H and O–H groups in total. The summed E-state index contributed by atoms with van der Waals surface area (Å²) < 4.78 is 22.7. The van der Waals surface area contributed by atoms with Crippen LogP contribution < -0.4 is 14.8 Å². The van der Waals surface area contributed by atoms with Gasteiger partial charge in [0.15, 0.2) is 0 Å². The summed E-state index contributed by atoms with van der Waals surface area (Å²) in [6.45, 7) is 8.65. The fourth-order valence-corrected chi connectivity index (χ4v) is 4.47. The maximum Gasteiger partial charge on any atom is 0.410 e. The van der Waals surface area contributed by atoms with Crippen LogP contribution in [-0.2, 0) is 27.2 Å². The zero-order valence-corrected chi connectivity index (χ0v) is 20.7. The van der Waals surface area contributed by atoms with Crippen molar-refractivity contribution in [3.63, 3.8) is 0 Å². The number of esters is 1. The summed E-state index contributed by atoms with van der Waals surface area (Å²) in [5.41, 5.74) is 3.15. The number of hydrogen-bond donors (Lipinski definition) is 1. The number of carbonyl (C=O) groups excluding carboxylic acids is 2. The lowest BCUT2D eigenvalue weighted by atomic mass is 10.0. The Morgan fingerprint density at radius 1 is 1.14 bits per heavy atom. The monoisotopic (exact) mass is 494 g/mol. The Hall–Kier alpha value is -3.52. The molecule has 2 unspecified atom stereocenters. The van der Waals surface area contributed by atoms with Crippen molar-refractivity contribution in [1.82, 2.24) is 10.2 Å². The number of likely N-dealkylation sites (tertiary alicyclic amines) is 1. The number of nitrogens with one attached hydrogen (secondary N) is 1. The number of fused-ring (bicyclic) bond motifs is 1. The minimum atomic E-state index is -0.890. The second-order valence-electron chi connectivity index (χ2n) is 8.87. The van der Waals surface area contributed by atoms with E-state index < -0.39 is 12.1 Å². The van der Waals surface area contributed by atoms with Gasteiger partial charge < -0.3 is 29.2 Å². The van der Waals surface area contributed by atoms with Crippen LogP contribution in [0.4, 0.5) is 4.79 Å². The van der Waals surface area contributed by atoms with Gasteiger partial charge in [-0.3, -0.25) is 0 Å². The molecule has 192 valence electrons. The molecule has 8 nitrogen and oxygen atoms in total. The molecule has 8 heteroatoms. The number of amides is 1. The van der Waals surface area contributed by atoms with Gasteiger partial charge in [-0.15, -0.1) is 0 Å². The molecule has 4 rings (SSSR count).